The number of hydrogen-bond acceptors (Lipinski definition) is 3. The van der Waals surface area contributed by atoms with Crippen LogP contribution in [0.3, 0.4) is 0 Å². The Morgan fingerprint density at radius 1 is 1.10 bits per heavy atom. The number of nitrogens with zero attached hydrogens (tertiary/aromatic N) is 2. The number of carbonyl (C=O) groups is 1. The lowest BCUT2D eigenvalue weighted by atomic mass is 9.99. The summed E-state index contributed by atoms with van der Waals surface area (Å²) < 4.78 is 0. The molecule has 0 bridgehead atoms. The van der Waals surface area contributed by atoms with E-state index in [-0.39, 0.29) is 11.9 Å². The molecule has 0 saturated carbocycles. The Hall–Kier alpha value is -2.82. The van der Waals surface area contributed by atoms with Crippen molar-refractivity contribution in [1.82, 2.24) is 10.3 Å². The van der Waals surface area contributed by atoms with Gasteiger partial charge in [0.25, 0.3) is 5.91 Å². The van der Waals surface area contributed by atoms with Crippen LogP contribution in [-0.2, 0) is 6.42 Å². The maximum absolute atomic E-state index is 12.5. The van der Waals surface area contributed by atoms with E-state index in [4.69, 9.17) is 23.2 Å². The molecule has 3 aromatic rings. The third-order valence-corrected chi connectivity index (χ3v) is 5.97. The Bertz CT molecular complexity index is 1130. The molecule has 0 fully saturated rings. The number of pyridine rings is 1. The van der Waals surface area contributed by atoms with Crippen LogP contribution in [0.4, 0.5) is 5.69 Å². The van der Waals surface area contributed by atoms with Gasteiger partial charge in [-0.25, -0.2) is 0 Å². The standard InChI is InChI=1S/C25H23Cl2N3O/c1-16(29-25(31)18-8-10-21(26)11-9-18)23-14-20-6-4-12-30(24(20)15-28-23)17(2)19-5-3-7-22(27)13-19/h3,5,7-11,13-16H,2,4,6,12H2,1H3,(H,29,31). The van der Waals surface area contributed by atoms with Crippen LogP contribution in [0.2, 0.25) is 10.0 Å². The Kier molecular flexibility index (Phi) is 6.30. The molecule has 1 aliphatic heterocycles. The van der Waals surface area contributed by atoms with Gasteiger partial charge in [-0.15, -0.1) is 0 Å². The van der Waals surface area contributed by atoms with Crippen molar-refractivity contribution in [3.05, 3.63) is 99.8 Å². The summed E-state index contributed by atoms with van der Waals surface area (Å²) in [6, 6.07) is 16.4. The summed E-state index contributed by atoms with van der Waals surface area (Å²) in [7, 11) is 0. The first-order valence-corrected chi connectivity index (χ1v) is 11.0. The smallest absolute Gasteiger partial charge is 0.251 e. The van der Waals surface area contributed by atoms with E-state index in [2.05, 4.69) is 27.8 Å². The molecule has 1 atom stereocenters. The number of carbonyl (C=O) groups excluding carboxylic acids is 1. The first-order valence-electron chi connectivity index (χ1n) is 10.2. The first kappa shape index (κ1) is 21.4. The number of amides is 1. The highest BCUT2D eigenvalue weighted by Crippen LogP contribution is 2.34. The molecule has 0 radical (unpaired) electrons. The summed E-state index contributed by atoms with van der Waals surface area (Å²) in [5.74, 6) is -0.153. The zero-order valence-corrected chi connectivity index (χ0v) is 18.7. The number of nitrogens with one attached hydrogen (secondary N) is 1. The minimum absolute atomic E-state index is 0.153. The fraction of sp³-hybridized carbons (Fsp3) is 0.200. The van der Waals surface area contributed by atoms with Crippen LogP contribution >= 0.6 is 23.2 Å². The minimum Gasteiger partial charge on any atom is -0.344 e. The second-order valence-corrected chi connectivity index (χ2v) is 8.53. The molecule has 4 rings (SSSR count). The normalized spacial score (nSPS) is 14.0. The summed E-state index contributed by atoms with van der Waals surface area (Å²) in [5, 5.41) is 4.31. The number of fused-ring (bicyclic) bond motifs is 1. The Labute approximate surface area is 192 Å². The summed E-state index contributed by atoms with van der Waals surface area (Å²) in [6.07, 6.45) is 3.86. The molecule has 31 heavy (non-hydrogen) atoms. The number of hydrogen-bond donors (Lipinski definition) is 1. The van der Waals surface area contributed by atoms with E-state index in [0.717, 1.165) is 42.0 Å². The Morgan fingerprint density at radius 2 is 1.87 bits per heavy atom. The van der Waals surface area contributed by atoms with Gasteiger partial charge in [-0.3, -0.25) is 9.78 Å². The summed E-state index contributed by atoms with van der Waals surface area (Å²) in [6.45, 7) is 7.11. The third kappa shape index (κ3) is 4.76. The molecule has 0 saturated heterocycles. The molecule has 1 aliphatic rings. The fourth-order valence-electron chi connectivity index (χ4n) is 3.80. The van der Waals surface area contributed by atoms with E-state index in [1.54, 1.807) is 24.3 Å². The van der Waals surface area contributed by atoms with E-state index in [1.807, 2.05) is 37.4 Å². The zero-order chi connectivity index (χ0) is 22.0. The monoisotopic (exact) mass is 451 g/mol. The van der Waals surface area contributed by atoms with Crippen molar-refractivity contribution in [2.45, 2.75) is 25.8 Å². The molecule has 0 spiro atoms. The van der Waals surface area contributed by atoms with Gasteiger partial charge in [0.2, 0.25) is 0 Å². The topological polar surface area (TPSA) is 45.2 Å². The highest BCUT2D eigenvalue weighted by atomic mass is 35.5. The summed E-state index contributed by atoms with van der Waals surface area (Å²) in [5.41, 5.74) is 5.55. The van der Waals surface area contributed by atoms with E-state index >= 15 is 0 Å². The second kappa shape index (κ2) is 9.13. The lowest BCUT2D eigenvalue weighted by Gasteiger charge is -2.33. The quantitative estimate of drug-likeness (QED) is 0.494. The van der Waals surface area contributed by atoms with Crippen molar-refractivity contribution in [2.24, 2.45) is 0 Å². The van der Waals surface area contributed by atoms with E-state index in [0.29, 0.717) is 15.6 Å². The van der Waals surface area contributed by atoms with E-state index in [9.17, 15) is 4.79 Å². The molecule has 1 amide bonds. The van der Waals surface area contributed by atoms with Gasteiger partial charge in [0.05, 0.1) is 23.6 Å². The number of rotatable bonds is 5. The van der Waals surface area contributed by atoms with E-state index < -0.39 is 0 Å². The van der Waals surface area contributed by atoms with Gasteiger partial charge in [0.15, 0.2) is 0 Å². The summed E-state index contributed by atoms with van der Waals surface area (Å²) in [4.78, 5) is 19.4. The molecule has 1 aromatic heterocycles. The van der Waals surface area contributed by atoms with Gasteiger partial charge in [-0.2, -0.15) is 0 Å². The van der Waals surface area contributed by atoms with Gasteiger partial charge in [0.1, 0.15) is 0 Å². The van der Waals surface area contributed by atoms with Crippen LogP contribution in [0.5, 0.6) is 0 Å². The molecule has 2 aromatic carbocycles. The number of anilines is 1. The summed E-state index contributed by atoms with van der Waals surface area (Å²) >= 11 is 12.1. The van der Waals surface area contributed by atoms with Crippen LogP contribution < -0.4 is 10.2 Å². The molecular weight excluding hydrogens is 429 g/mol. The number of aromatic nitrogens is 1. The van der Waals surface area contributed by atoms with Crippen LogP contribution in [0.15, 0.2) is 67.4 Å². The highest BCUT2D eigenvalue weighted by Gasteiger charge is 2.22. The lowest BCUT2D eigenvalue weighted by Crippen LogP contribution is -2.29. The average molecular weight is 452 g/mol. The van der Waals surface area contributed by atoms with Gasteiger partial charge in [-0.1, -0.05) is 41.9 Å². The maximum atomic E-state index is 12.5. The van der Waals surface area contributed by atoms with Crippen molar-refractivity contribution in [3.8, 4) is 0 Å². The van der Waals surface area contributed by atoms with Crippen molar-refractivity contribution in [2.75, 3.05) is 11.4 Å². The molecule has 1 N–H and O–H groups in total. The fourth-order valence-corrected chi connectivity index (χ4v) is 4.11. The molecular formula is C25H23Cl2N3O. The van der Waals surface area contributed by atoms with Crippen molar-refractivity contribution < 1.29 is 4.79 Å². The second-order valence-electron chi connectivity index (χ2n) is 7.65. The first-order chi connectivity index (χ1) is 14.9. The maximum Gasteiger partial charge on any atom is 0.251 e. The molecule has 158 valence electrons. The molecule has 2 heterocycles. The zero-order valence-electron chi connectivity index (χ0n) is 17.2. The van der Waals surface area contributed by atoms with Crippen LogP contribution in [0, 0.1) is 0 Å². The number of halogens is 2. The van der Waals surface area contributed by atoms with Crippen molar-refractivity contribution in [1.29, 1.82) is 0 Å². The van der Waals surface area contributed by atoms with E-state index in [1.165, 1.54) is 5.56 Å². The molecule has 1 unspecified atom stereocenters. The van der Waals surface area contributed by atoms with Gasteiger partial charge in [0, 0.05) is 27.9 Å². The largest absolute Gasteiger partial charge is 0.344 e. The SMILES string of the molecule is C=C(c1cccc(Cl)c1)N1CCCc2cc(C(C)NC(=O)c3ccc(Cl)cc3)ncc21. The van der Waals surface area contributed by atoms with Crippen LogP contribution in [0.25, 0.3) is 5.70 Å². The Balaban J connectivity index is 1.53. The van der Waals surface area contributed by atoms with Crippen molar-refractivity contribution in [3.63, 3.8) is 0 Å². The van der Waals surface area contributed by atoms with Crippen LogP contribution in [-0.4, -0.2) is 17.4 Å². The average Bonchev–Trinajstić information content (AvgIpc) is 2.78. The predicted molar refractivity (Wildman–Crippen MR) is 128 cm³/mol. The predicted octanol–water partition coefficient (Wildman–Crippen LogP) is 6.30. The molecule has 4 nitrogen and oxygen atoms in total. The highest BCUT2D eigenvalue weighted by molar-refractivity contribution is 6.31. The number of aryl methyl sites for hydroxylation is 1. The third-order valence-electron chi connectivity index (χ3n) is 5.49. The van der Waals surface area contributed by atoms with Gasteiger partial charge in [-0.05, 0) is 73.4 Å². The van der Waals surface area contributed by atoms with Crippen molar-refractivity contribution >= 4 is 40.5 Å². The van der Waals surface area contributed by atoms with Gasteiger partial charge >= 0.3 is 0 Å². The minimum atomic E-state index is -0.222. The Morgan fingerprint density at radius 3 is 2.61 bits per heavy atom. The lowest BCUT2D eigenvalue weighted by molar-refractivity contribution is 0.0939. The van der Waals surface area contributed by atoms with Gasteiger partial charge < -0.3 is 10.2 Å². The molecule has 0 aliphatic carbocycles. The number of benzene rings is 2. The molecule has 6 heteroatoms. The van der Waals surface area contributed by atoms with Crippen LogP contribution in [0.1, 0.15) is 46.6 Å².